The van der Waals surface area contributed by atoms with Crippen LogP contribution in [0.1, 0.15) is 38.2 Å². The molecule has 11 heteroatoms. The molecule has 152 valence electrons. The first-order valence-corrected chi connectivity index (χ1v) is 9.51. The third kappa shape index (κ3) is 4.56. The van der Waals surface area contributed by atoms with Gasteiger partial charge in [0.2, 0.25) is 0 Å². The Morgan fingerprint density at radius 1 is 0.714 bits per heavy atom. The fourth-order valence-electron chi connectivity index (χ4n) is 2.71. The van der Waals surface area contributed by atoms with E-state index in [0.29, 0.717) is 12.1 Å². The van der Waals surface area contributed by atoms with E-state index in [-0.39, 0.29) is 12.1 Å². The summed E-state index contributed by atoms with van der Waals surface area (Å²) in [5.74, 6) is -4.30. The highest BCUT2D eigenvalue weighted by molar-refractivity contribution is 9.08. The Labute approximate surface area is 170 Å². The van der Waals surface area contributed by atoms with Crippen molar-refractivity contribution in [1.82, 2.24) is 0 Å². The first kappa shape index (κ1) is 22.8. The molecule has 0 aliphatic carbocycles. The predicted octanol–water partition coefficient (Wildman–Crippen LogP) is 7.02. The zero-order valence-corrected chi connectivity index (χ0v) is 16.6. The zero-order valence-electron chi connectivity index (χ0n) is 13.4. The Morgan fingerprint density at radius 3 is 1.29 bits per heavy atom. The maximum atomic E-state index is 13.8. The van der Waals surface area contributed by atoms with Crippen LogP contribution in [0.2, 0.25) is 0 Å². The number of halogens is 10. The number of carbonyl (C=O) groups is 1. The quantitative estimate of drug-likeness (QED) is 0.232. The lowest BCUT2D eigenvalue weighted by molar-refractivity contribution is -0.138. The van der Waals surface area contributed by atoms with E-state index in [9.17, 15) is 39.9 Å². The van der Waals surface area contributed by atoms with E-state index in [1.807, 2.05) is 0 Å². The third-order valence-corrected chi connectivity index (χ3v) is 4.92. The highest BCUT2D eigenvalue weighted by atomic mass is 79.9. The van der Waals surface area contributed by atoms with E-state index < -0.39 is 73.8 Å². The molecule has 0 N–H and O–H groups in total. The Bertz CT molecular complexity index is 845. The van der Waals surface area contributed by atoms with E-state index in [4.69, 9.17) is 0 Å². The molecule has 2 aromatic carbocycles. The fraction of sp³-hybridized carbons (Fsp3) is 0.235. The van der Waals surface area contributed by atoms with Crippen LogP contribution in [-0.4, -0.2) is 5.78 Å². The highest BCUT2D eigenvalue weighted by Gasteiger charge is 2.42. The molecule has 0 amide bonds. The van der Waals surface area contributed by atoms with Gasteiger partial charge in [-0.1, -0.05) is 31.9 Å². The molecule has 0 saturated heterocycles. The van der Waals surface area contributed by atoms with Gasteiger partial charge in [0.25, 0.3) is 0 Å². The summed E-state index contributed by atoms with van der Waals surface area (Å²) in [7, 11) is 0. The molecule has 0 unspecified atom stereocenters. The number of alkyl halides is 8. The summed E-state index contributed by atoms with van der Waals surface area (Å²) >= 11 is 5.46. The zero-order chi connectivity index (χ0) is 21.4. The van der Waals surface area contributed by atoms with Crippen LogP contribution in [0.25, 0.3) is 0 Å². The molecule has 0 atom stereocenters. The predicted molar refractivity (Wildman–Crippen MR) is 91.5 cm³/mol. The summed E-state index contributed by atoms with van der Waals surface area (Å²) in [6.45, 7) is 0. The monoisotopic (exact) mass is 538 g/mol. The van der Waals surface area contributed by atoms with Crippen molar-refractivity contribution in [3.8, 4) is 0 Å². The molecule has 0 fully saturated rings. The molecule has 28 heavy (non-hydrogen) atoms. The SMILES string of the molecule is O=C(c1cc(F)cc(CBr)c1C(F)(F)F)c1cc(F)cc(CBr)c1C(F)(F)F. The summed E-state index contributed by atoms with van der Waals surface area (Å²) < 4.78 is 108. The van der Waals surface area contributed by atoms with Crippen LogP contribution in [0, 0.1) is 11.6 Å². The molecule has 0 aliphatic rings. The second-order valence-electron chi connectivity index (χ2n) is 5.57. The minimum absolute atomic E-state index is 0.191. The molecule has 0 aliphatic heterocycles. The fourth-order valence-corrected chi connectivity index (χ4v) is 3.59. The van der Waals surface area contributed by atoms with Gasteiger partial charge in [-0.3, -0.25) is 4.79 Å². The van der Waals surface area contributed by atoms with E-state index in [0.717, 1.165) is 0 Å². The Balaban J connectivity index is 2.89. The van der Waals surface area contributed by atoms with Crippen LogP contribution in [0.15, 0.2) is 24.3 Å². The van der Waals surface area contributed by atoms with Crippen molar-refractivity contribution < 1.29 is 39.9 Å². The summed E-state index contributed by atoms with van der Waals surface area (Å²) in [4.78, 5) is 12.7. The lowest BCUT2D eigenvalue weighted by Crippen LogP contribution is -2.21. The smallest absolute Gasteiger partial charge is 0.289 e. The molecule has 0 saturated carbocycles. The third-order valence-electron chi connectivity index (χ3n) is 3.71. The summed E-state index contributed by atoms with van der Waals surface area (Å²) in [5, 5.41) is -1.02. The maximum Gasteiger partial charge on any atom is 0.417 e. The Morgan fingerprint density at radius 2 is 1.04 bits per heavy atom. The molecule has 0 aromatic heterocycles. The molecular weight excluding hydrogens is 532 g/mol. The van der Waals surface area contributed by atoms with E-state index in [2.05, 4.69) is 31.9 Å². The van der Waals surface area contributed by atoms with Crippen molar-refractivity contribution in [3.63, 3.8) is 0 Å². The van der Waals surface area contributed by atoms with Crippen LogP contribution < -0.4 is 0 Å². The van der Waals surface area contributed by atoms with Gasteiger partial charge < -0.3 is 0 Å². The van der Waals surface area contributed by atoms with Crippen LogP contribution in [-0.2, 0) is 23.0 Å². The second-order valence-corrected chi connectivity index (χ2v) is 6.69. The molecule has 2 rings (SSSR count). The van der Waals surface area contributed by atoms with Gasteiger partial charge in [0.1, 0.15) is 11.6 Å². The minimum Gasteiger partial charge on any atom is -0.289 e. The largest absolute Gasteiger partial charge is 0.417 e. The first-order chi connectivity index (χ1) is 12.8. The molecular formula is C17H8Br2F8O. The van der Waals surface area contributed by atoms with E-state index >= 15 is 0 Å². The Hall–Kier alpha value is -1.49. The average Bonchev–Trinajstić information content (AvgIpc) is 2.57. The average molecular weight is 540 g/mol. The van der Waals surface area contributed by atoms with Gasteiger partial charge in [-0.15, -0.1) is 0 Å². The molecule has 0 heterocycles. The van der Waals surface area contributed by atoms with Gasteiger partial charge in [-0.05, 0) is 35.4 Å². The second kappa shape index (κ2) is 8.10. The van der Waals surface area contributed by atoms with Crippen LogP contribution in [0.4, 0.5) is 35.1 Å². The number of hydrogen-bond acceptors (Lipinski definition) is 1. The summed E-state index contributed by atoms with van der Waals surface area (Å²) in [5.41, 5.74) is -7.21. The lowest BCUT2D eigenvalue weighted by atomic mass is 9.90. The molecule has 0 spiro atoms. The number of ketones is 1. The van der Waals surface area contributed by atoms with Crippen LogP contribution in [0.3, 0.4) is 0 Å². The highest BCUT2D eigenvalue weighted by Crippen LogP contribution is 2.40. The number of rotatable bonds is 4. The van der Waals surface area contributed by atoms with Gasteiger partial charge in [-0.25, -0.2) is 8.78 Å². The number of hydrogen-bond donors (Lipinski definition) is 0. The van der Waals surface area contributed by atoms with Crippen molar-refractivity contribution in [2.75, 3.05) is 0 Å². The molecule has 0 bridgehead atoms. The first-order valence-electron chi connectivity index (χ1n) is 7.27. The van der Waals surface area contributed by atoms with Gasteiger partial charge in [-0.2, -0.15) is 26.3 Å². The number of carbonyl (C=O) groups excluding carboxylic acids is 1. The molecule has 1 nitrogen and oxygen atoms in total. The summed E-state index contributed by atoms with van der Waals surface area (Å²) in [6.07, 6.45) is -10.3. The van der Waals surface area contributed by atoms with Crippen molar-refractivity contribution in [3.05, 3.63) is 69.3 Å². The molecule has 0 radical (unpaired) electrons. The summed E-state index contributed by atoms with van der Waals surface area (Å²) in [6, 6.07) is 1.40. The van der Waals surface area contributed by atoms with Crippen LogP contribution >= 0.6 is 31.9 Å². The minimum atomic E-state index is -5.16. The molecule has 2 aromatic rings. The normalized spacial score (nSPS) is 12.4. The van der Waals surface area contributed by atoms with Crippen molar-refractivity contribution >= 4 is 37.6 Å². The van der Waals surface area contributed by atoms with E-state index in [1.165, 1.54) is 0 Å². The topological polar surface area (TPSA) is 17.1 Å². The lowest BCUT2D eigenvalue weighted by Gasteiger charge is -2.19. The number of benzene rings is 2. The van der Waals surface area contributed by atoms with E-state index in [1.54, 1.807) is 0 Å². The van der Waals surface area contributed by atoms with Gasteiger partial charge >= 0.3 is 12.4 Å². The Kier molecular flexibility index (Phi) is 6.59. The van der Waals surface area contributed by atoms with Crippen molar-refractivity contribution in [2.45, 2.75) is 23.0 Å². The van der Waals surface area contributed by atoms with Gasteiger partial charge in [0.15, 0.2) is 5.78 Å². The van der Waals surface area contributed by atoms with Crippen molar-refractivity contribution in [1.29, 1.82) is 0 Å². The maximum absolute atomic E-state index is 13.8. The standard InChI is InChI=1S/C17H8Br2F8O/c18-5-7-1-9(20)3-11(13(7)16(22,23)24)15(28)12-4-10(21)2-8(6-19)14(12)17(25,26)27/h1-4H,5-6H2. The van der Waals surface area contributed by atoms with Gasteiger partial charge in [0.05, 0.1) is 11.1 Å². The van der Waals surface area contributed by atoms with Crippen LogP contribution in [0.5, 0.6) is 0 Å². The van der Waals surface area contributed by atoms with Gasteiger partial charge in [0, 0.05) is 21.8 Å². The van der Waals surface area contributed by atoms with Crippen molar-refractivity contribution in [2.24, 2.45) is 0 Å².